The first-order valence-electron chi connectivity index (χ1n) is 7.89. The Kier molecular flexibility index (Phi) is 5.09. The number of likely N-dealkylation sites (N-methyl/N-ethyl adjacent to an activating group) is 1. The van der Waals surface area contributed by atoms with Gasteiger partial charge in [-0.05, 0) is 45.8 Å². The van der Waals surface area contributed by atoms with Crippen LogP contribution in [-0.4, -0.2) is 43.2 Å². The molecule has 2 rings (SSSR count). The summed E-state index contributed by atoms with van der Waals surface area (Å²) in [7, 11) is 6.10. The molecule has 1 heterocycles. The highest BCUT2D eigenvalue weighted by atomic mass is 16.5. The van der Waals surface area contributed by atoms with Crippen LogP contribution in [0.5, 0.6) is 5.75 Å². The van der Waals surface area contributed by atoms with E-state index >= 15 is 0 Å². The molecule has 1 aliphatic carbocycles. The smallest absolute Gasteiger partial charge is 0.160 e. The minimum Gasteiger partial charge on any atom is -0.493 e. The number of anilines is 1. The monoisotopic (exact) mass is 291 g/mol. The van der Waals surface area contributed by atoms with Crippen molar-refractivity contribution in [3.05, 3.63) is 18.0 Å². The van der Waals surface area contributed by atoms with E-state index in [4.69, 9.17) is 4.74 Å². The van der Waals surface area contributed by atoms with Crippen LogP contribution in [0.25, 0.3) is 0 Å². The van der Waals surface area contributed by atoms with Gasteiger partial charge in [0.15, 0.2) is 5.75 Å². The number of nitrogens with one attached hydrogen (secondary N) is 1. The number of hydrogen-bond donors (Lipinski definition) is 1. The first kappa shape index (κ1) is 16.1. The largest absolute Gasteiger partial charge is 0.493 e. The Morgan fingerprint density at radius 2 is 2.24 bits per heavy atom. The predicted molar refractivity (Wildman–Crippen MR) is 88.1 cm³/mol. The van der Waals surface area contributed by atoms with Crippen molar-refractivity contribution >= 4 is 5.69 Å². The van der Waals surface area contributed by atoms with Crippen LogP contribution in [0.1, 0.15) is 38.3 Å². The van der Waals surface area contributed by atoms with E-state index in [9.17, 15) is 0 Å². The van der Waals surface area contributed by atoms with E-state index in [0.717, 1.165) is 29.6 Å². The number of nitrogens with zero attached hydrogens (tertiary/aromatic N) is 2. The minimum absolute atomic E-state index is 0.236. The number of pyridine rings is 1. The molecule has 0 spiro atoms. The number of hydrogen-bond acceptors (Lipinski definition) is 4. The van der Waals surface area contributed by atoms with E-state index in [1.54, 1.807) is 13.3 Å². The molecule has 118 valence electrons. The van der Waals surface area contributed by atoms with Crippen LogP contribution in [0.4, 0.5) is 5.69 Å². The van der Waals surface area contributed by atoms with Crippen molar-refractivity contribution in [3.63, 3.8) is 0 Å². The standard InChI is InChI=1S/C17H29N3O/c1-13-7-6-8-17(10-13,20(3)4)12-19-15-9-14(2)18-11-16(15)21-5/h9,11,13H,6-8,10,12H2,1-5H3,(H,18,19). The highest BCUT2D eigenvalue weighted by Gasteiger charge is 2.36. The fourth-order valence-electron chi connectivity index (χ4n) is 3.47. The van der Waals surface area contributed by atoms with E-state index in [0.29, 0.717) is 0 Å². The van der Waals surface area contributed by atoms with E-state index in [2.05, 4.69) is 42.3 Å². The van der Waals surface area contributed by atoms with Gasteiger partial charge in [0.1, 0.15) is 0 Å². The summed E-state index contributed by atoms with van der Waals surface area (Å²) in [4.78, 5) is 6.69. The summed E-state index contributed by atoms with van der Waals surface area (Å²) in [6, 6.07) is 2.06. The Morgan fingerprint density at radius 3 is 2.86 bits per heavy atom. The normalized spacial score (nSPS) is 25.9. The average Bonchev–Trinajstić information content (AvgIpc) is 2.45. The van der Waals surface area contributed by atoms with Gasteiger partial charge in [-0.1, -0.05) is 19.8 Å². The summed E-state index contributed by atoms with van der Waals surface area (Å²) in [6.07, 6.45) is 6.97. The lowest BCUT2D eigenvalue weighted by Crippen LogP contribution is -2.52. The molecule has 1 saturated carbocycles. The summed E-state index contributed by atoms with van der Waals surface area (Å²) in [6.45, 7) is 5.33. The Hall–Kier alpha value is -1.29. The second-order valence-electron chi connectivity index (χ2n) is 6.70. The summed E-state index contributed by atoms with van der Waals surface area (Å²) >= 11 is 0. The van der Waals surface area contributed by atoms with Gasteiger partial charge in [-0.25, -0.2) is 0 Å². The number of aromatic nitrogens is 1. The zero-order valence-electron chi connectivity index (χ0n) is 14.1. The molecule has 1 N–H and O–H groups in total. The van der Waals surface area contributed by atoms with Gasteiger partial charge in [0.05, 0.1) is 19.0 Å². The van der Waals surface area contributed by atoms with Gasteiger partial charge in [0.2, 0.25) is 0 Å². The van der Waals surface area contributed by atoms with Crippen LogP contribution < -0.4 is 10.1 Å². The van der Waals surface area contributed by atoms with Gasteiger partial charge >= 0.3 is 0 Å². The summed E-state index contributed by atoms with van der Waals surface area (Å²) in [5, 5.41) is 3.61. The molecule has 4 heteroatoms. The zero-order valence-corrected chi connectivity index (χ0v) is 14.1. The lowest BCUT2D eigenvalue weighted by Gasteiger charge is -2.45. The first-order valence-corrected chi connectivity index (χ1v) is 7.89. The van der Waals surface area contributed by atoms with E-state index in [1.165, 1.54) is 25.7 Å². The number of methoxy groups -OCH3 is 1. The van der Waals surface area contributed by atoms with E-state index in [-0.39, 0.29) is 5.54 Å². The third-order valence-electron chi connectivity index (χ3n) is 4.85. The quantitative estimate of drug-likeness (QED) is 0.903. The average molecular weight is 291 g/mol. The lowest BCUT2D eigenvalue weighted by molar-refractivity contribution is 0.0882. The van der Waals surface area contributed by atoms with Crippen molar-refractivity contribution < 1.29 is 4.74 Å². The number of ether oxygens (including phenoxy) is 1. The van der Waals surface area contributed by atoms with Crippen LogP contribution in [0.15, 0.2) is 12.3 Å². The third-order valence-corrected chi connectivity index (χ3v) is 4.85. The van der Waals surface area contributed by atoms with Crippen molar-refractivity contribution in [3.8, 4) is 5.75 Å². The van der Waals surface area contributed by atoms with Crippen molar-refractivity contribution in [2.75, 3.05) is 33.1 Å². The lowest BCUT2D eigenvalue weighted by atomic mass is 9.75. The highest BCUT2D eigenvalue weighted by molar-refractivity contribution is 5.56. The zero-order chi connectivity index (χ0) is 15.5. The Bertz CT molecular complexity index is 475. The van der Waals surface area contributed by atoms with Gasteiger partial charge < -0.3 is 15.0 Å². The van der Waals surface area contributed by atoms with Crippen LogP contribution >= 0.6 is 0 Å². The second kappa shape index (κ2) is 6.65. The molecule has 0 amide bonds. The predicted octanol–water partition coefficient (Wildman–Crippen LogP) is 3.32. The Morgan fingerprint density at radius 1 is 1.48 bits per heavy atom. The highest BCUT2D eigenvalue weighted by Crippen LogP contribution is 2.36. The fourth-order valence-corrected chi connectivity index (χ4v) is 3.47. The van der Waals surface area contributed by atoms with Gasteiger partial charge in [0.25, 0.3) is 0 Å². The number of aryl methyl sites for hydroxylation is 1. The molecule has 1 aromatic rings. The van der Waals surface area contributed by atoms with Crippen LogP contribution in [0.2, 0.25) is 0 Å². The molecule has 0 aromatic carbocycles. The molecule has 1 aromatic heterocycles. The maximum Gasteiger partial charge on any atom is 0.160 e. The fraction of sp³-hybridized carbons (Fsp3) is 0.706. The van der Waals surface area contributed by atoms with Crippen LogP contribution in [-0.2, 0) is 0 Å². The molecule has 2 atom stereocenters. The maximum absolute atomic E-state index is 5.42. The van der Waals surface area contributed by atoms with Crippen molar-refractivity contribution in [2.24, 2.45) is 5.92 Å². The Labute approximate surface area is 128 Å². The molecule has 1 fully saturated rings. The van der Waals surface area contributed by atoms with E-state index < -0.39 is 0 Å². The van der Waals surface area contributed by atoms with Gasteiger partial charge in [-0.15, -0.1) is 0 Å². The molecule has 1 aliphatic rings. The SMILES string of the molecule is COc1cnc(C)cc1NCC1(N(C)C)CCCC(C)C1. The van der Waals surface area contributed by atoms with Gasteiger partial charge in [-0.3, -0.25) is 4.98 Å². The Balaban J connectivity index is 2.14. The molecule has 0 bridgehead atoms. The molecule has 2 unspecified atom stereocenters. The van der Waals surface area contributed by atoms with Crippen molar-refractivity contribution in [1.82, 2.24) is 9.88 Å². The second-order valence-corrected chi connectivity index (χ2v) is 6.70. The molecular formula is C17H29N3O. The van der Waals surface area contributed by atoms with Crippen molar-refractivity contribution in [2.45, 2.75) is 45.1 Å². The van der Waals surface area contributed by atoms with Gasteiger partial charge in [-0.2, -0.15) is 0 Å². The summed E-state index contributed by atoms with van der Waals surface area (Å²) in [5.41, 5.74) is 2.29. The molecule has 21 heavy (non-hydrogen) atoms. The van der Waals surface area contributed by atoms with E-state index in [1.807, 2.05) is 6.92 Å². The molecular weight excluding hydrogens is 262 g/mol. The van der Waals surface area contributed by atoms with Crippen LogP contribution in [0.3, 0.4) is 0 Å². The molecule has 0 radical (unpaired) electrons. The summed E-state index contributed by atoms with van der Waals surface area (Å²) in [5.74, 6) is 1.61. The van der Waals surface area contributed by atoms with Gasteiger partial charge in [0, 0.05) is 17.8 Å². The third kappa shape index (κ3) is 3.67. The maximum atomic E-state index is 5.42. The molecule has 0 aliphatic heterocycles. The summed E-state index contributed by atoms with van der Waals surface area (Å²) < 4.78 is 5.42. The van der Waals surface area contributed by atoms with Crippen molar-refractivity contribution in [1.29, 1.82) is 0 Å². The first-order chi connectivity index (χ1) is 9.97. The topological polar surface area (TPSA) is 37.4 Å². The minimum atomic E-state index is 0.236. The number of rotatable bonds is 5. The molecule has 4 nitrogen and oxygen atoms in total. The van der Waals surface area contributed by atoms with Crippen LogP contribution in [0, 0.1) is 12.8 Å². The molecule has 0 saturated heterocycles.